The number of hydrogen-bond acceptors (Lipinski definition) is 5. The molecule has 0 fully saturated rings. The molecule has 0 saturated heterocycles. The second-order valence-corrected chi connectivity index (χ2v) is 6.19. The maximum Gasteiger partial charge on any atom is 0.234 e. The number of para-hydroxylation sites is 2. The van der Waals surface area contributed by atoms with E-state index in [-0.39, 0.29) is 17.4 Å². The summed E-state index contributed by atoms with van der Waals surface area (Å²) < 4.78 is 1.66. The zero-order chi connectivity index (χ0) is 17.6. The predicted octanol–water partition coefficient (Wildman–Crippen LogP) is 3.20. The molecule has 7 heteroatoms. The lowest BCUT2D eigenvalue weighted by Crippen LogP contribution is -2.16. The van der Waals surface area contributed by atoms with Gasteiger partial charge in [-0.15, -0.1) is 5.10 Å². The maximum absolute atomic E-state index is 12.1. The first-order valence-corrected chi connectivity index (χ1v) is 8.62. The van der Waals surface area contributed by atoms with E-state index in [1.165, 1.54) is 18.7 Å². The molecule has 0 radical (unpaired) electrons. The number of aromatic nitrogens is 3. The summed E-state index contributed by atoms with van der Waals surface area (Å²) >= 11 is 1.24. The van der Waals surface area contributed by atoms with E-state index in [1.807, 2.05) is 30.3 Å². The van der Waals surface area contributed by atoms with Gasteiger partial charge in [0, 0.05) is 5.56 Å². The molecule has 0 spiro atoms. The molecule has 0 aliphatic heterocycles. The number of carbonyl (C=O) groups is 2. The van der Waals surface area contributed by atoms with Gasteiger partial charge in [0.25, 0.3) is 0 Å². The van der Waals surface area contributed by atoms with Crippen LogP contribution in [0.5, 0.6) is 0 Å². The SMILES string of the molecule is CC(=O)c1ccccc1NC(=O)CSc1ncn(-c2ccccc2)n1. The molecule has 6 nitrogen and oxygen atoms in total. The molecule has 3 rings (SSSR count). The summed E-state index contributed by atoms with van der Waals surface area (Å²) in [6.45, 7) is 1.47. The Kier molecular flexibility index (Phi) is 5.25. The highest BCUT2D eigenvalue weighted by Gasteiger charge is 2.11. The van der Waals surface area contributed by atoms with Crippen LogP contribution in [0.4, 0.5) is 5.69 Å². The number of nitrogens with one attached hydrogen (secondary N) is 1. The van der Waals surface area contributed by atoms with Gasteiger partial charge in [0.2, 0.25) is 11.1 Å². The highest BCUT2D eigenvalue weighted by atomic mass is 32.2. The molecule has 1 aromatic heterocycles. The van der Waals surface area contributed by atoms with Crippen LogP contribution in [0.2, 0.25) is 0 Å². The third-order valence-corrected chi connectivity index (χ3v) is 4.26. The molecule has 0 unspecified atom stereocenters. The first-order chi connectivity index (χ1) is 12.1. The molecule has 0 saturated carbocycles. The topological polar surface area (TPSA) is 76.9 Å². The van der Waals surface area contributed by atoms with Gasteiger partial charge in [-0.2, -0.15) is 0 Å². The molecule has 3 aromatic rings. The lowest BCUT2D eigenvalue weighted by molar-refractivity contribution is -0.113. The molecule has 25 heavy (non-hydrogen) atoms. The number of nitrogens with zero attached hydrogens (tertiary/aromatic N) is 3. The molecular formula is C18H16N4O2S. The lowest BCUT2D eigenvalue weighted by Gasteiger charge is -2.08. The minimum absolute atomic E-state index is 0.0909. The fourth-order valence-corrected chi connectivity index (χ4v) is 2.83. The van der Waals surface area contributed by atoms with Crippen LogP contribution in [-0.2, 0) is 4.79 Å². The van der Waals surface area contributed by atoms with Gasteiger partial charge in [0.1, 0.15) is 6.33 Å². The highest BCUT2D eigenvalue weighted by Crippen LogP contribution is 2.18. The van der Waals surface area contributed by atoms with Crippen molar-refractivity contribution in [3.63, 3.8) is 0 Å². The molecule has 0 bridgehead atoms. The number of anilines is 1. The number of amides is 1. The molecule has 0 atom stereocenters. The third-order valence-electron chi connectivity index (χ3n) is 3.40. The number of hydrogen-bond donors (Lipinski definition) is 1. The molecule has 1 N–H and O–H groups in total. The van der Waals surface area contributed by atoms with Crippen molar-refractivity contribution in [2.45, 2.75) is 12.1 Å². The normalized spacial score (nSPS) is 10.4. The average Bonchev–Trinajstić information content (AvgIpc) is 3.10. The Morgan fingerprint density at radius 1 is 1.08 bits per heavy atom. The summed E-state index contributed by atoms with van der Waals surface area (Å²) in [6, 6.07) is 16.6. The summed E-state index contributed by atoms with van der Waals surface area (Å²) in [6.07, 6.45) is 1.61. The lowest BCUT2D eigenvalue weighted by atomic mass is 10.1. The minimum atomic E-state index is -0.213. The van der Waals surface area contributed by atoms with Gasteiger partial charge in [-0.25, -0.2) is 9.67 Å². The zero-order valence-electron chi connectivity index (χ0n) is 13.5. The molecular weight excluding hydrogens is 336 g/mol. The minimum Gasteiger partial charge on any atom is -0.325 e. The van der Waals surface area contributed by atoms with Gasteiger partial charge in [-0.05, 0) is 31.2 Å². The Hall–Kier alpha value is -2.93. The standard InChI is InChI=1S/C18H16N4O2S/c1-13(23)15-9-5-6-10-16(15)20-17(24)11-25-18-19-12-22(21-18)14-7-3-2-4-8-14/h2-10,12H,11H2,1H3,(H,20,24). The van der Waals surface area contributed by atoms with Gasteiger partial charge in [-0.3, -0.25) is 9.59 Å². The van der Waals surface area contributed by atoms with Gasteiger partial charge in [-0.1, -0.05) is 42.1 Å². The second-order valence-electron chi connectivity index (χ2n) is 5.25. The van der Waals surface area contributed by atoms with Crippen molar-refractivity contribution in [3.05, 3.63) is 66.5 Å². The average molecular weight is 352 g/mol. The number of rotatable bonds is 6. The molecule has 2 aromatic carbocycles. The smallest absolute Gasteiger partial charge is 0.234 e. The third kappa shape index (κ3) is 4.33. The Morgan fingerprint density at radius 2 is 1.80 bits per heavy atom. The Morgan fingerprint density at radius 3 is 2.56 bits per heavy atom. The zero-order valence-corrected chi connectivity index (χ0v) is 14.4. The first-order valence-electron chi connectivity index (χ1n) is 7.63. The highest BCUT2D eigenvalue weighted by molar-refractivity contribution is 7.99. The summed E-state index contributed by atoms with van der Waals surface area (Å²) in [5.41, 5.74) is 1.91. The quantitative estimate of drug-likeness (QED) is 0.544. The Balaban J connectivity index is 1.60. The molecule has 1 heterocycles. The van der Waals surface area contributed by atoms with Crippen LogP contribution in [0.1, 0.15) is 17.3 Å². The van der Waals surface area contributed by atoms with Crippen LogP contribution >= 0.6 is 11.8 Å². The van der Waals surface area contributed by atoms with E-state index in [2.05, 4.69) is 15.4 Å². The summed E-state index contributed by atoms with van der Waals surface area (Å²) in [4.78, 5) is 27.9. The van der Waals surface area contributed by atoms with Gasteiger partial charge in [0.15, 0.2) is 5.78 Å². The number of ketones is 1. The monoisotopic (exact) mass is 352 g/mol. The van der Waals surface area contributed by atoms with Crippen molar-refractivity contribution in [2.75, 3.05) is 11.1 Å². The van der Waals surface area contributed by atoms with Crippen molar-refractivity contribution in [1.29, 1.82) is 0 Å². The molecule has 1 amide bonds. The predicted molar refractivity (Wildman–Crippen MR) is 97.2 cm³/mol. The van der Waals surface area contributed by atoms with E-state index in [1.54, 1.807) is 35.3 Å². The summed E-state index contributed by atoms with van der Waals surface area (Å²) in [5.74, 6) is -0.146. The molecule has 126 valence electrons. The van der Waals surface area contributed by atoms with E-state index in [0.717, 1.165) is 5.69 Å². The van der Waals surface area contributed by atoms with Crippen LogP contribution in [-0.4, -0.2) is 32.2 Å². The van der Waals surface area contributed by atoms with E-state index in [0.29, 0.717) is 16.4 Å². The van der Waals surface area contributed by atoms with Gasteiger partial charge >= 0.3 is 0 Å². The van der Waals surface area contributed by atoms with Gasteiger partial charge < -0.3 is 5.32 Å². The molecule has 0 aliphatic carbocycles. The maximum atomic E-state index is 12.1. The van der Waals surface area contributed by atoms with E-state index in [4.69, 9.17) is 0 Å². The Bertz CT molecular complexity index is 893. The summed E-state index contributed by atoms with van der Waals surface area (Å²) in [5, 5.41) is 7.61. The van der Waals surface area contributed by atoms with E-state index in [9.17, 15) is 9.59 Å². The fraction of sp³-hybridized carbons (Fsp3) is 0.111. The van der Waals surface area contributed by atoms with Gasteiger partial charge in [0.05, 0.1) is 17.1 Å². The van der Waals surface area contributed by atoms with Crippen molar-refractivity contribution < 1.29 is 9.59 Å². The van der Waals surface area contributed by atoms with Crippen molar-refractivity contribution in [2.24, 2.45) is 0 Å². The largest absolute Gasteiger partial charge is 0.325 e. The Labute approximate surface area is 149 Å². The van der Waals surface area contributed by atoms with Crippen LogP contribution in [0.15, 0.2) is 66.1 Å². The number of Topliss-reactive ketones (excluding diaryl/α,β-unsaturated/α-hetero) is 1. The number of thioether (sulfide) groups is 1. The van der Waals surface area contributed by atoms with Crippen molar-refractivity contribution in [3.8, 4) is 5.69 Å². The second kappa shape index (κ2) is 7.76. The van der Waals surface area contributed by atoms with Crippen LogP contribution in [0.25, 0.3) is 5.69 Å². The first kappa shape index (κ1) is 16.9. The number of carbonyl (C=O) groups excluding carboxylic acids is 2. The van der Waals surface area contributed by atoms with Crippen LogP contribution in [0, 0.1) is 0 Å². The fourth-order valence-electron chi connectivity index (χ4n) is 2.23. The number of benzene rings is 2. The molecule has 0 aliphatic rings. The van der Waals surface area contributed by atoms with Crippen LogP contribution in [0.3, 0.4) is 0 Å². The van der Waals surface area contributed by atoms with E-state index < -0.39 is 0 Å². The van der Waals surface area contributed by atoms with Crippen molar-refractivity contribution in [1.82, 2.24) is 14.8 Å². The van der Waals surface area contributed by atoms with Crippen molar-refractivity contribution >= 4 is 29.1 Å². The summed E-state index contributed by atoms with van der Waals surface area (Å²) in [7, 11) is 0. The van der Waals surface area contributed by atoms with Crippen LogP contribution < -0.4 is 5.32 Å². The van der Waals surface area contributed by atoms with E-state index >= 15 is 0 Å².